The monoisotopic (exact) mass is 346 g/mol. The molecule has 8 nitrogen and oxygen atoms in total. The summed E-state index contributed by atoms with van der Waals surface area (Å²) in [6.07, 6.45) is 0. The first kappa shape index (κ1) is 18.3. The first-order chi connectivity index (χ1) is 12.7. The quantitative estimate of drug-likeness (QED) is 0.173. The molecule has 0 unspecified atom stereocenters. The van der Waals surface area contributed by atoms with Crippen molar-refractivity contribution < 1.29 is 4.92 Å². The first-order valence-electron chi connectivity index (χ1n) is 7.50. The van der Waals surface area contributed by atoms with Gasteiger partial charge in [-0.2, -0.15) is 10.2 Å². The van der Waals surface area contributed by atoms with Crippen molar-refractivity contribution in [3.8, 4) is 0 Å². The van der Waals surface area contributed by atoms with Gasteiger partial charge < -0.3 is 0 Å². The number of azide groups is 1. The fourth-order valence-corrected chi connectivity index (χ4v) is 1.80. The predicted octanol–water partition coefficient (Wildman–Crippen LogP) is 6.64. The highest BCUT2D eigenvalue weighted by Crippen LogP contribution is 2.21. The Morgan fingerprint density at radius 3 is 1.65 bits per heavy atom. The molecule has 0 atom stereocenters. The van der Waals surface area contributed by atoms with Gasteiger partial charge in [-0.3, -0.25) is 10.1 Å². The molecule has 8 heteroatoms. The van der Waals surface area contributed by atoms with E-state index in [2.05, 4.69) is 20.3 Å². The summed E-state index contributed by atoms with van der Waals surface area (Å²) < 4.78 is 0. The molecule has 0 heterocycles. The van der Waals surface area contributed by atoms with Crippen molar-refractivity contribution in [1.29, 1.82) is 0 Å². The molecule has 0 bridgehead atoms. The van der Waals surface area contributed by atoms with E-state index in [-0.39, 0.29) is 5.69 Å². The number of hydrogen-bond acceptors (Lipinski definition) is 5. The maximum atomic E-state index is 10.0. The number of nitro groups is 1. The molecule has 0 aliphatic heterocycles. The van der Waals surface area contributed by atoms with Gasteiger partial charge in [0.15, 0.2) is 0 Å². The molecular weight excluding hydrogens is 332 g/mol. The van der Waals surface area contributed by atoms with E-state index >= 15 is 0 Å². The van der Waals surface area contributed by atoms with E-state index in [0.29, 0.717) is 11.4 Å². The zero-order valence-corrected chi connectivity index (χ0v) is 13.6. The summed E-state index contributed by atoms with van der Waals surface area (Å²) >= 11 is 0. The number of hydrogen-bond donors (Lipinski definition) is 0. The smallest absolute Gasteiger partial charge is 0.258 e. The van der Waals surface area contributed by atoms with E-state index in [4.69, 9.17) is 5.53 Å². The summed E-state index contributed by atoms with van der Waals surface area (Å²) in [6, 6.07) is 24.3. The van der Waals surface area contributed by atoms with Crippen LogP contribution < -0.4 is 0 Å². The average Bonchev–Trinajstić information content (AvgIpc) is 2.70. The van der Waals surface area contributed by atoms with Crippen LogP contribution in [0.4, 0.5) is 22.7 Å². The normalized spacial score (nSPS) is 9.69. The van der Waals surface area contributed by atoms with Crippen LogP contribution >= 0.6 is 0 Å². The Hall–Kier alpha value is -4.03. The minimum absolute atomic E-state index is 0.137. The summed E-state index contributed by atoms with van der Waals surface area (Å²) in [4.78, 5) is 12.3. The summed E-state index contributed by atoms with van der Waals surface area (Å²) in [7, 11) is 0. The summed E-state index contributed by atoms with van der Waals surface area (Å²) in [6.45, 7) is 0. The van der Waals surface area contributed by atoms with Gasteiger partial charge in [0.25, 0.3) is 5.69 Å². The second kappa shape index (κ2) is 9.96. The molecule has 0 aliphatic rings. The zero-order valence-electron chi connectivity index (χ0n) is 13.6. The number of nitro benzene ring substituents is 1. The standard InChI is InChI=1S/C12H9N5.C6H5NO2/c13-17-16-12-8-6-11(7-9-12)15-14-10-4-2-1-3-5-10;8-7(9)6-4-2-1-3-5-6/h1-9H;1-5H. The molecule has 0 fully saturated rings. The fraction of sp³-hybridized carbons (Fsp3) is 0. The Morgan fingerprint density at radius 1 is 0.731 bits per heavy atom. The molecule has 0 radical (unpaired) electrons. The molecule has 0 saturated heterocycles. The average molecular weight is 346 g/mol. The Kier molecular flexibility index (Phi) is 7.02. The van der Waals surface area contributed by atoms with Gasteiger partial charge in [0.2, 0.25) is 0 Å². The lowest BCUT2D eigenvalue weighted by atomic mass is 10.3. The van der Waals surface area contributed by atoms with Crippen LogP contribution in [-0.4, -0.2) is 4.92 Å². The van der Waals surface area contributed by atoms with Crippen molar-refractivity contribution in [2.45, 2.75) is 0 Å². The van der Waals surface area contributed by atoms with Crippen LogP contribution in [0.3, 0.4) is 0 Å². The highest BCUT2D eigenvalue weighted by Gasteiger charge is 1.98. The van der Waals surface area contributed by atoms with Crippen molar-refractivity contribution in [2.24, 2.45) is 15.3 Å². The van der Waals surface area contributed by atoms with E-state index in [1.807, 2.05) is 30.3 Å². The van der Waals surface area contributed by atoms with Crippen molar-refractivity contribution in [3.05, 3.63) is 105 Å². The van der Waals surface area contributed by atoms with Gasteiger partial charge in [-0.1, -0.05) is 53.6 Å². The van der Waals surface area contributed by atoms with Crippen LogP contribution in [-0.2, 0) is 0 Å². The highest BCUT2D eigenvalue weighted by atomic mass is 16.6. The highest BCUT2D eigenvalue weighted by molar-refractivity contribution is 5.47. The maximum Gasteiger partial charge on any atom is 0.269 e. The van der Waals surface area contributed by atoms with Gasteiger partial charge in [0.1, 0.15) is 0 Å². The maximum absolute atomic E-state index is 10.0. The number of rotatable bonds is 4. The Bertz CT molecular complexity index is 905. The van der Waals surface area contributed by atoms with E-state index in [0.717, 1.165) is 5.69 Å². The van der Waals surface area contributed by atoms with Crippen molar-refractivity contribution in [1.82, 2.24) is 0 Å². The van der Waals surface area contributed by atoms with Crippen LogP contribution in [0, 0.1) is 10.1 Å². The minimum atomic E-state index is -0.417. The Balaban J connectivity index is 0.000000228. The topological polar surface area (TPSA) is 117 Å². The lowest BCUT2D eigenvalue weighted by Gasteiger charge is -1.93. The van der Waals surface area contributed by atoms with Gasteiger partial charge in [0.05, 0.1) is 16.3 Å². The molecule has 3 aromatic carbocycles. The second-order valence-electron chi connectivity index (χ2n) is 4.83. The minimum Gasteiger partial charge on any atom is -0.258 e. The van der Waals surface area contributed by atoms with E-state index in [1.54, 1.807) is 42.5 Å². The molecule has 0 N–H and O–H groups in total. The number of para-hydroxylation sites is 1. The number of nitrogens with zero attached hydrogens (tertiary/aromatic N) is 6. The number of azo groups is 1. The first-order valence-corrected chi connectivity index (χ1v) is 7.50. The van der Waals surface area contributed by atoms with Crippen LogP contribution in [0.1, 0.15) is 0 Å². The van der Waals surface area contributed by atoms with Gasteiger partial charge in [-0.25, -0.2) is 0 Å². The summed E-state index contributed by atoms with van der Waals surface area (Å²) in [5.41, 5.74) is 10.5. The molecule has 3 aromatic rings. The van der Waals surface area contributed by atoms with E-state index < -0.39 is 4.92 Å². The van der Waals surface area contributed by atoms with Crippen LogP contribution in [0.5, 0.6) is 0 Å². The molecule has 0 aromatic heterocycles. The van der Waals surface area contributed by atoms with Gasteiger partial charge >= 0.3 is 0 Å². The Labute approximate surface area is 149 Å². The zero-order chi connectivity index (χ0) is 18.6. The van der Waals surface area contributed by atoms with E-state index in [9.17, 15) is 10.1 Å². The van der Waals surface area contributed by atoms with Crippen molar-refractivity contribution >= 4 is 22.7 Å². The van der Waals surface area contributed by atoms with Crippen LogP contribution in [0.25, 0.3) is 10.4 Å². The fourth-order valence-electron chi connectivity index (χ4n) is 1.80. The third kappa shape index (κ3) is 6.23. The molecular formula is C18H14N6O2. The Morgan fingerprint density at radius 2 is 1.19 bits per heavy atom. The van der Waals surface area contributed by atoms with Gasteiger partial charge in [-0.05, 0) is 29.8 Å². The van der Waals surface area contributed by atoms with Gasteiger partial charge in [-0.15, -0.1) is 0 Å². The number of non-ortho nitro benzene ring substituents is 1. The molecule has 0 spiro atoms. The lowest BCUT2D eigenvalue weighted by Crippen LogP contribution is -1.84. The van der Waals surface area contributed by atoms with Crippen LogP contribution in [0.15, 0.2) is 100 Å². The second-order valence-corrected chi connectivity index (χ2v) is 4.83. The largest absolute Gasteiger partial charge is 0.269 e. The SMILES string of the molecule is O=[N+]([O-])c1ccccc1.[N-]=[N+]=Nc1ccc(N=Nc2ccccc2)cc1. The molecule has 0 aliphatic carbocycles. The lowest BCUT2D eigenvalue weighted by molar-refractivity contribution is -0.384. The third-order valence-electron chi connectivity index (χ3n) is 3.01. The molecule has 26 heavy (non-hydrogen) atoms. The van der Waals surface area contributed by atoms with Crippen LogP contribution in [0.2, 0.25) is 0 Å². The summed E-state index contributed by atoms with van der Waals surface area (Å²) in [5.74, 6) is 0. The molecule has 0 amide bonds. The molecule has 0 saturated carbocycles. The number of benzene rings is 3. The predicted molar refractivity (Wildman–Crippen MR) is 99.0 cm³/mol. The third-order valence-corrected chi connectivity index (χ3v) is 3.01. The van der Waals surface area contributed by atoms with Crippen molar-refractivity contribution in [3.63, 3.8) is 0 Å². The van der Waals surface area contributed by atoms with Gasteiger partial charge in [0, 0.05) is 22.7 Å². The molecule has 3 rings (SSSR count). The molecule has 128 valence electrons. The summed E-state index contributed by atoms with van der Waals surface area (Å²) in [5, 5.41) is 21.6. The van der Waals surface area contributed by atoms with Crippen molar-refractivity contribution in [2.75, 3.05) is 0 Å². The van der Waals surface area contributed by atoms with E-state index in [1.165, 1.54) is 12.1 Å².